The summed E-state index contributed by atoms with van der Waals surface area (Å²) in [6, 6.07) is 0. The van der Waals surface area contributed by atoms with Gasteiger partial charge in [-0.2, -0.15) is 0 Å². The van der Waals surface area contributed by atoms with Crippen LogP contribution in [0, 0.1) is 0 Å². The lowest BCUT2D eigenvalue weighted by Gasteiger charge is -2.16. The van der Waals surface area contributed by atoms with Gasteiger partial charge in [0.25, 0.3) is 6.43 Å². The van der Waals surface area contributed by atoms with Crippen LogP contribution in [0.5, 0.6) is 5.88 Å². The van der Waals surface area contributed by atoms with Crippen molar-refractivity contribution in [3.63, 3.8) is 0 Å². The van der Waals surface area contributed by atoms with E-state index in [0.29, 0.717) is 6.20 Å². The van der Waals surface area contributed by atoms with E-state index in [1.165, 1.54) is 6.92 Å². The van der Waals surface area contributed by atoms with Gasteiger partial charge in [0.15, 0.2) is 0 Å². The van der Waals surface area contributed by atoms with Crippen molar-refractivity contribution in [3.05, 3.63) is 22.9 Å². The van der Waals surface area contributed by atoms with E-state index in [1.807, 2.05) is 0 Å². The Bertz CT molecular complexity index is 521. The third-order valence-electron chi connectivity index (χ3n) is 2.23. The van der Waals surface area contributed by atoms with E-state index < -0.39 is 41.3 Å². The summed E-state index contributed by atoms with van der Waals surface area (Å²) in [4.78, 5) is 14.9. The van der Waals surface area contributed by atoms with Crippen LogP contribution < -0.4 is 4.74 Å². The van der Waals surface area contributed by atoms with Crippen LogP contribution in [0.3, 0.4) is 0 Å². The number of carbonyl (C=O) groups excluding carboxylic acids is 1. The van der Waals surface area contributed by atoms with E-state index in [-0.39, 0.29) is 11.9 Å². The van der Waals surface area contributed by atoms with Crippen molar-refractivity contribution in [3.8, 4) is 5.88 Å². The zero-order chi connectivity index (χ0) is 16.2. The van der Waals surface area contributed by atoms with Gasteiger partial charge in [-0.1, -0.05) is 15.9 Å². The second-order valence-electron chi connectivity index (χ2n) is 3.57. The maximum absolute atomic E-state index is 12.9. The molecule has 21 heavy (non-hydrogen) atoms. The van der Waals surface area contributed by atoms with Gasteiger partial charge in [0.2, 0.25) is 5.88 Å². The smallest absolute Gasteiger partial charge is 0.462 e. The fourth-order valence-corrected chi connectivity index (χ4v) is 2.00. The highest BCUT2D eigenvalue weighted by Gasteiger charge is 2.35. The summed E-state index contributed by atoms with van der Waals surface area (Å²) in [7, 11) is 0. The number of carbonyl (C=O) groups is 1. The highest BCUT2D eigenvalue weighted by atomic mass is 79.9. The lowest BCUT2D eigenvalue weighted by atomic mass is 10.1. The number of esters is 1. The van der Waals surface area contributed by atoms with Crippen molar-refractivity contribution in [2.75, 3.05) is 6.61 Å². The number of aromatic nitrogens is 1. The first-order valence-corrected chi connectivity index (χ1v) is 6.62. The molecular formula is C11H9BrF5NO3. The van der Waals surface area contributed by atoms with Crippen molar-refractivity contribution in [2.45, 2.75) is 25.0 Å². The first-order chi connectivity index (χ1) is 9.71. The number of hydrogen-bond donors (Lipinski definition) is 0. The Balaban J connectivity index is 3.45. The molecule has 1 aromatic rings. The summed E-state index contributed by atoms with van der Waals surface area (Å²) in [5.41, 5.74) is -1.96. The molecule has 1 aromatic heterocycles. The molecule has 0 aliphatic heterocycles. The molecule has 0 unspecified atom stereocenters. The number of rotatable bonds is 5. The number of alkyl halides is 6. The van der Waals surface area contributed by atoms with Crippen molar-refractivity contribution in [1.82, 2.24) is 4.98 Å². The lowest BCUT2D eigenvalue weighted by molar-refractivity contribution is -0.276. The quantitative estimate of drug-likeness (QED) is 0.442. The first-order valence-electron chi connectivity index (χ1n) is 5.50. The zero-order valence-electron chi connectivity index (χ0n) is 10.5. The third kappa shape index (κ3) is 4.51. The normalized spacial score (nSPS) is 11.6. The maximum Gasteiger partial charge on any atom is 0.574 e. The van der Waals surface area contributed by atoms with Crippen LogP contribution in [0.4, 0.5) is 22.0 Å². The molecule has 0 fully saturated rings. The molecule has 0 atom stereocenters. The second kappa shape index (κ2) is 7.01. The highest BCUT2D eigenvalue weighted by Crippen LogP contribution is 2.34. The molecule has 118 valence electrons. The minimum atomic E-state index is -5.07. The number of ether oxygens (including phenoxy) is 2. The Morgan fingerprint density at radius 2 is 2.05 bits per heavy atom. The van der Waals surface area contributed by atoms with E-state index in [0.717, 1.165) is 0 Å². The predicted molar refractivity (Wildman–Crippen MR) is 64.5 cm³/mol. The topological polar surface area (TPSA) is 48.4 Å². The number of hydrogen-bond acceptors (Lipinski definition) is 4. The van der Waals surface area contributed by atoms with Gasteiger partial charge in [0.05, 0.1) is 17.7 Å². The van der Waals surface area contributed by atoms with Crippen LogP contribution in [0.2, 0.25) is 0 Å². The van der Waals surface area contributed by atoms with Crippen molar-refractivity contribution >= 4 is 21.9 Å². The minimum Gasteiger partial charge on any atom is -0.462 e. The van der Waals surface area contributed by atoms with Gasteiger partial charge in [-0.3, -0.25) is 0 Å². The molecule has 0 saturated carbocycles. The third-order valence-corrected chi connectivity index (χ3v) is 2.79. The van der Waals surface area contributed by atoms with Crippen molar-refractivity contribution in [1.29, 1.82) is 0 Å². The average molecular weight is 378 g/mol. The number of pyridine rings is 1. The SMILES string of the molecule is CCOC(=O)c1c(C(F)F)cnc(OC(F)(F)F)c1CBr. The monoisotopic (exact) mass is 377 g/mol. The molecule has 10 heteroatoms. The number of nitrogens with zero attached hydrogens (tertiary/aromatic N) is 1. The fraction of sp³-hybridized carbons (Fsp3) is 0.455. The minimum absolute atomic E-state index is 0.124. The van der Waals surface area contributed by atoms with Crippen molar-refractivity contribution in [2.24, 2.45) is 0 Å². The summed E-state index contributed by atoms with van der Waals surface area (Å²) in [6.45, 7) is 1.31. The van der Waals surface area contributed by atoms with Gasteiger partial charge in [-0.25, -0.2) is 18.6 Å². The van der Waals surface area contributed by atoms with E-state index in [9.17, 15) is 26.7 Å². The van der Waals surface area contributed by atoms with Gasteiger partial charge >= 0.3 is 12.3 Å². The summed E-state index contributed by atoms with van der Waals surface area (Å²) >= 11 is 2.83. The zero-order valence-corrected chi connectivity index (χ0v) is 12.1. The van der Waals surface area contributed by atoms with Gasteiger partial charge in [-0.05, 0) is 6.92 Å². The Morgan fingerprint density at radius 1 is 1.43 bits per heavy atom. The molecule has 0 amide bonds. The van der Waals surface area contributed by atoms with Crippen LogP contribution in [0.25, 0.3) is 0 Å². The average Bonchev–Trinajstić information content (AvgIpc) is 2.36. The Morgan fingerprint density at radius 3 is 2.48 bits per heavy atom. The Kier molecular flexibility index (Phi) is 5.87. The molecule has 0 saturated heterocycles. The molecule has 1 heterocycles. The van der Waals surface area contributed by atoms with Crippen LogP contribution >= 0.6 is 15.9 Å². The first kappa shape index (κ1) is 17.6. The summed E-state index contributed by atoms with van der Waals surface area (Å²) in [5, 5.41) is -0.347. The van der Waals surface area contributed by atoms with E-state index >= 15 is 0 Å². The second-order valence-corrected chi connectivity index (χ2v) is 4.14. The van der Waals surface area contributed by atoms with Crippen LogP contribution in [0.15, 0.2) is 6.20 Å². The molecule has 0 aliphatic rings. The summed E-state index contributed by atoms with van der Waals surface area (Å²) in [5.74, 6) is -2.15. The Labute approximate surface area is 124 Å². The predicted octanol–water partition coefficient (Wildman–Crippen LogP) is 3.99. The molecule has 0 spiro atoms. The molecule has 0 bridgehead atoms. The molecule has 1 rings (SSSR count). The summed E-state index contributed by atoms with van der Waals surface area (Å²) < 4.78 is 70.8. The van der Waals surface area contributed by atoms with Crippen LogP contribution in [-0.2, 0) is 10.1 Å². The van der Waals surface area contributed by atoms with Crippen LogP contribution in [0.1, 0.15) is 34.8 Å². The summed E-state index contributed by atoms with van der Waals surface area (Å²) in [6.07, 6.45) is -7.71. The lowest BCUT2D eigenvalue weighted by Crippen LogP contribution is -2.21. The van der Waals surface area contributed by atoms with Gasteiger partial charge in [-0.15, -0.1) is 13.2 Å². The van der Waals surface area contributed by atoms with Gasteiger partial charge in [0.1, 0.15) is 0 Å². The molecule has 4 nitrogen and oxygen atoms in total. The number of halogens is 6. The maximum atomic E-state index is 12.9. The molecule has 0 aliphatic carbocycles. The molecule has 0 N–H and O–H groups in total. The fourth-order valence-electron chi connectivity index (χ4n) is 1.48. The van der Waals surface area contributed by atoms with E-state index in [2.05, 4.69) is 30.4 Å². The standard InChI is InChI=1S/C11H9BrF5NO3/c1-2-20-10(19)7-5(3-12)9(21-11(15,16)17)18-4-6(7)8(13)14/h4,8H,2-3H2,1H3. The van der Waals surface area contributed by atoms with Crippen LogP contribution in [-0.4, -0.2) is 23.9 Å². The molecule has 0 radical (unpaired) electrons. The van der Waals surface area contributed by atoms with E-state index in [1.54, 1.807) is 0 Å². The van der Waals surface area contributed by atoms with Gasteiger partial charge in [0, 0.05) is 17.1 Å². The van der Waals surface area contributed by atoms with Gasteiger partial charge < -0.3 is 9.47 Å². The highest BCUT2D eigenvalue weighted by molar-refractivity contribution is 9.08. The van der Waals surface area contributed by atoms with Crippen molar-refractivity contribution < 1.29 is 36.2 Å². The molecule has 0 aromatic carbocycles. The largest absolute Gasteiger partial charge is 0.574 e. The van der Waals surface area contributed by atoms with E-state index in [4.69, 9.17) is 0 Å². The molecular weight excluding hydrogens is 369 g/mol. The Hall–Kier alpha value is -1.45.